The first-order chi connectivity index (χ1) is 15.5. The van der Waals surface area contributed by atoms with Crippen molar-refractivity contribution in [3.05, 3.63) is 84.1 Å². The number of rotatable bonds is 2. The number of aromatic nitrogens is 2. The van der Waals surface area contributed by atoms with Crippen LogP contribution in [0.3, 0.4) is 0 Å². The van der Waals surface area contributed by atoms with E-state index in [1.807, 2.05) is 24.7 Å². The van der Waals surface area contributed by atoms with Crippen LogP contribution < -0.4 is 0 Å². The molecule has 0 amide bonds. The number of nitrogens with zero attached hydrogens (tertiary/aromatic N) is 2. The minimum absolute atomic E-state index is 0.0122. The number of thiophene rings is 1. The first-order valence-corrected chi connectivity index (χ1v) is 11.6. The average Bonchev–Trinajstić information content (AvgIpc) is 3.44. The molecule has 0 spiro atoms. The van der Waals surface area contributed by atoms with Crippen molar-refractivity contribution >= 4 is 43.2 Å². The highest BCUT2D eigenvalue weighted by molar-refractivity contribution is 7.17. The Morgan fingerprint density at radius 1 is 0.875 bits per heavy atom. The Morgan fingerprint density at radius 2 is 1.75 bits per heavy atom. The Bertz CT molecular complexity index is 1620. The van der Waals surface area contributed by atoms with Crippen molar-refractivity contribution in [3.63, 3.8) is 0 Å². The van der Waals surface area contributed by atoms with Crippen molar-refractivity contribution in [1.82, 2.24) is 9.97 Å². The molecular weight excluding hydrogens is 412 g/mol. The van der Waals surface area contributed by atoms with Gasteiger partial charge in [-0.2, -0.15) is 0 Å². The summed E-state index contributed by atoms with van der Waals surface area (Å²) >= 11 is 1.71. The SMILES string of the molecule is CC(C)(C)c1cc(-c2nccc3cc(-c4cncc5ccsc45)oc23)cc2ccccc12. The Morgan fingerprint density at radius 3 is 2.62 bits per heavy atom. The number of pyridine rings is 2. The molecule has 0 radical (unpaired) electrons. The Hall–Kier alpha value is -3.50. The van der Waals surface area contributed by atoms with Gasteiger partial charge in [-0.1, -0.05) is 45.0 Å². The summed E-state index contributed by atoms with van der Waals surface area (Å²) in [5.41, 5.74) is 5.10. The molecule has 6 rings (SSSR count). The third-order valence-electron chi connectivity index (χ3n) is 6.00. The van der Waals surface area contributed by atoms with Crippen LogP contribution >= 0.6 is 11.3 Å². The topological polar surface area (TPSA) is 38.9 Å². The molecule has 0 N–H and O–H groups in total. The zero-order valence-electron chi connectivity index (χ0n) is 18.2. The molecule has 0 atom stereocenters. The van der Waals surface area contributed by atoms with Crippen LogP contribution in [0.1, 0.15) is 26.3 Å². The van der Waals surface area contributed by atoms with Gasteiger partial charge < -0.3 is 4.42 Å². The van der Waals surface area contributed by atoms with E-state index in [0.29, 0.717) is 0 Å². The average molecular weight is 435 g/mol. The minimum atomic E-state index is 0.0122. The highest BCUT2D eigenvalue weighted by Gasteiger charge is 2.20. The summed E-state index contributed by atoms with van der Waals surface area (Å²) in [6, 6.07) is 19.3. The van der Waals surface area contributed by atoms with Crippen molar-refractivity contribution in [1.29, 1.82) is 0 Å². The van der Waals surface area contributed by atoms with Gasteiger partial charge in [0.2, 0.25) is 0 Å². The zero-order valence-corrected chi connectivity index (χ0v) is 19.0. The lowest BCUT2D eigenvalue weighted by atomic mass is 9.82. The van der Waals surface area contributed by atoms with Crippen LogP contribution in [0, 0.1) is 0 Å². The Labute approximate surface area is 190 Å². The van der Waals surface area contributed by atoms with Crippen LogP contribution in [0.2, 0.25) is 0 Å². The maximum absolute atomic E-state index is 6.46. The van der Waals surface area contributed by atoms with Gasteiger partial charge in [0.05, 0.1) is 5.56 Å². The van der Waals surface area contributed by atoms with Crippen LogP contribution in [0.25, 0.3) is 54.4 Å². The summed E-state index contributed by atoms with van der Waals surface area (Å²) in [7, 11) is 0. The van der Waals surface area contributed by atoms with Crippen LogP contribution in [-0.2, 0) is 5.41 Å². The van der Waals surface area contributed by atoms with E-state index in [2.05, 4.69) is 79.7 Å². The van der Waals surface area contributed by atoms with Crippen molar-refractivity contribution in [2.75, 3.05) is 0 Å². The summed E-state index contributed by atoms with van der Waals surface area (Å²) in [6.07, 6.45) is 5.65. The monoisotopic (exact) mass is 434 g/mol. The number of benzene rings is 2. The fraction of sp³-hybridized carbons (Fsp3) is 0.143. The normalized spacial score (nSPS) is 12.2. The number of fused-ring (bicyclic) bond motifs is 3. The fourth-order valence-corrected chi connectivity index (χ4v) is 5.32. The molecule has 32 heavy (non-hydrogen) atoms. The number of furan rings is 1. The van der Waals surface area contributed by atoms with Gasteiger partial charge in [0, 0.05) is 39.6 Å². The molecule has 0 aliphatic heterocycles. The smallest absolute Gasteiger partial charge is 0.161 e. The Kier molecular flexibility index (Phi) is 4.21. The van der Waals surface area contributed by atoms with Gasteiger partial charge in [-0.05, 0) is 57.5 Å². The summed E-state index contributed by atoms with van der Waals surface area (Å²) < 4.78 is 7.65. The first kappa shape index (κ1) is 19.2. The lowest BCUT2D eigenvalue weighted by molar-refractivity contribution is 0.596. The molecule has 0 fully saturated rings. The highest BCUT2D eigenvalue weighted by Crippen LogP contribution is 2.39. The molecule has 0 unspecified atom stereocenters. The lowest BCUT2D eigenvalue weighted by Gasteiger charge is -2.22. The second-order valence-corrected chi connectivity index (χ2v) is 10.1. The zero-order chi connectivity index (χ0) is 21.9. The molecule has 3 nitrogen and oxygen atoms in total. The van der Waals surface area contributed by atoms with Gasteiger partial charge >= 0.3 is 0 Å². The van der Waals surface area contributed by atoms with Gasteiger partial charge in [0.25, 0.3) is 0 Å². The van der Waals surface area contributed by atoms with Crippen molar-refractivity contribution in [3.8, 4) is 22.6 Å². The predicted octanol–water partition coefficient (Wildman–Crippen LogP) is 8.22. The van der Waals surface area contributed by atoms with E-state index < -0.39 is 0 Å². The predicted molar refractivity (Wildman–Crippen MR) is 134 cm³/mol. The maximum atomic E-state index is 6.46. The van der Waals surface area contributed by atoms with Gasteiger partial charge in [0.15, 0.2) is 5.58 Å². The molecule has 2 aromatic carbocycles. The standard InChI is InChI=1S/C28H22N2OS/c1-28(2,3)23-13-20(12-17-6-4-5-7-21(17)23)25-26-18(8-10-30-25)14-24(31-26)22-16-29-15-19-9-11-32-27(19)22/h4-16H,1-3H3. The minimum Gasteiger partial charge on any atom is -0.454 e. The van der Waals surface area contributed by atoms with Crippen LogP contribution in [0.5, 0.6) is 0 Å². The lowest BCUT2D eigenvalue weighted by Crippen LogP contribution is -2.12. The number of hydrogen-bond acceptors (Lipinski definition) is 4. The van der Waals surface area contributed by atoms with E-state index in [0.717, 1.165) is 38.9 Å². The van der Waals surface area contributed by atoms with Gasteiger partial charge in [-0.3, -0.25) is 9.97 Å². The number of hydrogen-bond donors (Lipinski definition) is 0. The molecule has 6 aromatic rings. The molecule has 0 aliphatic rings. The summed E-state index contributed by atoms with van der Waals surface area (Å²) in [6.45, 7) is 6.77. The van der Waals surface area contributed by atoms with Gasteiger partial charge in [-0.15, -0.1) is 11.3 Å². The van der Waals surface area contributed by atoms with E-state index >= 15 is 0 Å². The van der Waals surface area contributed by atoms with E-state index in [1.165, 1.54) is 21.0 Å². The van der Waals surface area contributed by atoms with Crippen molar-refractivity contribution in [2.24, 2.45) is 0 Å². The molecule has 4 heteroatoms. The molecular formula is C28H22N2OS. The second-order valence-electron chi connectivity index (χ2n) is 9.21. The van der Waals surface area contributed by atoms with Crippen LogP contribution in [0.4, 0.5) is 0 Å². The van der Waals surface area contributed by atoms with E-state index in [-0.39, 0.29) is 5.41 Å². The van der Waals surface area contributed by atoms with E-state index in [9.17, 15) is 0 Å². The third-order valence-corrected chi connectivity index (χ3v) is 6.96. The molecule has 4 heterocycles. The first-order valence-electron chi connectivity index (χ1n) is 10.7. The van der Waals surface area contributed by atoms with E-state index in [1.54, 1.807) is 11.3 Å². The molecule has 4 aromatic heterocycles. The summed E-state index contributed by atoms with van der Waals surface area (Å²) in [4.78, 5) is 9.18. The summed E-state index contributed by atoms with van der Waals surface area (Å²) in [5.74, 6) is 0.826. The molecule has 156 valence electrons. The molecule has 0 saturated carbocycles. The third kappa shape index (κ3) is 3.02. The van der Waals surface area contributed by atoms with E-state index in [4.69, 9.17) is 9.40 Å². The second kappa shape index (κ2) is 7.01. The molecule has 0 saturated heterocycles. The summed E-state index contributed by atoms with van der Waals surface area (Å²) in [5, 5.41) is 6.77. The van der Waals surface area contributed by atoms with Crippen molar-refractivity contribution in [2.45, 2.75) is 26.2 Å². The van der Waals surface area contributed by atoms with Crippen molar-refractivity contribution < 1.29 is 4.42 Å². The molecule has 0 aliphatic carbocycles. The van der Waals surface area contributed by atoms with Crippen LogP contribution in [-0.4, -0.2) is 9.97 Å². The van der Waals surface area contributed by atoms with Gasteiger partial charge in [-0.25, -0.2) is 0 Å². The highest BCUT2D eigenvalue weighted by atomic mass is 32.1. The Balaban J connectivity index is 1.60. The maximum Gasteiger partial charge on any atom is 0.161 e. The largest absolute Gasteiger partial charge is 0.454 e. The van der Waals surface area contributed by atoms with Crippen LogP contribution in [0.15, 0.2) is 83.0 Å². The van der Waals surface area contributed by atoms with Gasteiger partial charge in [0.1, 0.15) is 11.5 Å². The quantitative estimate of drug-likeness (QED) is 0.275. The molecule has 0 bridgehead atoms. The fourth-order valence-electron chi connectivity index (χ4n) is 4.44.